The molecule has 1 atom stereocenters. The van der Waals surface area contributed by atoms with Gasteiger partial charge in [-0.3, -0.25) is 14.5 Å². The van der Waals surface area contributed by atoms with Crippen LogP contribution in [0.5, 0.6) is 11.6 Å². The second-order valence-electron chi connectivity index (χ2n) is 9.58. The monoisotopic (exact) mass is 542 g/mol. The van der Waals surface area contributed by atoms with Crippen molar-refractivity contribution in [2.24, 2.45) is 0 Å². The molecule has 0 unspecified atom stereocenters. The minimum atomic E-state index is -0.371. The Balaban J connectivity index is 1.30. The van der Waals surface area contributed by atoms with Crippen molar-refractivity contribution >= 4 is 56.5 Å². The molecule has 0 aliphatic carbocycles. The van der Waals surface area contributed by atoms with Gasteiger partial charge in [-0.25, -0.2) is 14.8 Å². The summed E-state index contributed by atoms with van der Waals surface area (Å²) in [6.45, 7) is 4.62. The highest BCUT2D eigenvalue weighted by Gasteiger charge is 2.34. The SMILES string of the molecule is CC(=O)N1CCC[C@@H](NC(=O)c2sc3nccc4c3c2NC(=O)N4c2ccc(Oc3ccccn3)cc2C)C1. The molecule has 6 rings (SSSR count). The van der Waals surface area contributed by atoms with Crippen LogP contribution in [-0.2, 0) is 4.79 Å². The number of carbonyl (C=O) groups is 3. The third kappa shape index (κ3) is 4.65. The number of hydrogen-bond donors (Lipinski definition) is 2. The Morgan fingerprint density at radius 1 is 1.13 bits per heavy atom. The van der Waals surface area contributed by atoms with Gasteiger partial charge in [-0.2, -0.15) is 0 Å². The first-order valence-corrected chi connectivity index (χ1v) is 13.5. The molecule has 39 heavy (non-hydrogen) atoms. The van der Waals surface area contributed by atoms with Crippen molar-refractivity contribution in [3.8, 4) is 11.6 Å². The first kappa shape index (κ1) is 24.8. The number of rotatable bonds is 5. The molecule has 1 aromatic carbocycles. The zero-order valence-corrected chi connectivity index (χ0v) is 22.2. The number of pyridine rings is 2. The van der Waals surface area contributed by atoms with E-state index in [9.17, 15) is 14.4 Å². The molecule has 5 heterocycles. The number of thiophene rings is 1. The number of hydrogen-bond acceptors (Lipinski definition) is 7. The largest absolute Gasteiger partial charge is 0.439 e. The van der Waals surface area contributed by atoms with Crippen molar-refractivity contribution in [3.05, 3.63) is 65.3 Å². The number of amides is 4. The lowest BCUT2D eigenvalue weighted by molar-refractivity contribution is -0.130. The number of nitrogens with one attached hydrogen (secondary N) is 2. The summed E-state index contributed by atoms with van der Waals surface area (Å²) >= 11 is 1.24. The summed E-state index contributed by atoms with van der Waals surface area (Å²) in [6.07, 6.45) is 4.92. The summed E-state index contributed by atoms with van der Waals surface area (Å²) in [5.74, 6) is 0.801. The van der Waals surface area contributed by atoms with E-state index in [1.165, 1.54) is 18.3 Å². The second kappa shape index (κ2) is 9.99. The van der Waals surface area contributed by atoms with Crippen molar-refractivity contribution < 1.29 is 19.1 Å². The van der Waals surface area contributed by atoms with Gasteiger partial charge >= 0.3 is 6.03 Å². The molecule has 0 bridgehead atoms. The van der Waals surface area contributed by atoms with Gasteiger partial charge in [0.25, 0.3) is 5.91 Å². The summed E-state index contributed by atoms with van der Waals surface area (Å²) in [5, 5.41) is 6.71. The van der Waals surface area contributed by atoms with Crippen molar-refractivity contribution in [1.29, 1.82) is 0 Å². The predicted molar refractivity (Wildman–Crippen MR) is 149 cm³/mol. The topological polar surface area (TPSA) is 117 Å². The van der Waals surface area contributed by atoms with Crippen LogP contribution >= 0.6 is 11.3 Å². The van der Waals surface area contributed by atoms with Crippen molar-refractivity contribution in [2.75, 3.05) is 23.3 Å². The number of nitrogens with zero attached hydrogens (tertiary/aromatic N) is 4. The van der Waals surface area contributed by atoms with E-state index >= 15 is 0 Å². The number of aromatic nitrogens is 2. The van der Waals surface area contributed by atoms with E-state index in [4.69, 9.17) is 4.74 Å². The zero-order valence-electron chi connectivity index (χ0n) is 21.4. The molecular formula is C28H26N6O4S. The molecule has 2 N–H and O–H groups in total. The molecule has 1 saturated heterocycles. The molecule has 0 spiro atoms. The lowest BCUT2D eigenvalue weighted by Crippen LogP contribution is -2.49. The lowest BCUT2D eigenvalue weighted by atomic mass is 10.1. The molecule has 0 radical (unpaired) electrons. The van der Waals surface area contributed by atoms with Gasteiger partial charge in [0.15, 0.2) is 0 Å². The molecule has 2 aliphatic heterocycles. The minimum Gasteiger partial charge on any atom is -0.439 e. The van der Waals surface area contributed by atoms with E-state index in [1.54, 1.807) is 40.4 Å². The predicted octanol–water partition coefficient (Wildman–Crippen LogP) is 5.22. The summed E-state index contributed by atoms with van der Waals surface area (Å²) in [6, 6.07) is 12.2. The molecule has 11 heteroatoms. The molecule has 198 valence electrons. The Morgan fingerprint density at radius 2 is 2.00 bits per heavy atom. The van der Waals surface area contributed by atoms with E-state index in [0.717, 1.165) is 23.8 Å². The van der Waals surface area contributed by atoms with Gasteiger partial charge in [0, 0.05) is 44.5 Å². The van der Waals surface area contributed by atoms with Crippen LogP contribution in [0.15, 0.2) is 54.9 Å². The Morgan fingerprint density at radius 3 is 2.77 bits per heavy atom. The zero-order chi connectivity index (χ0) is 27.1. The van der Waals surface area contributed by atoms with Crippen LogP contribution in [0, 0.1) is 6.92 Å². The lowest BCUT2D eigenvalue weighted by Gasteiger charge is -2.32. The van der Waals surface area contributed by atoms with E-state index in [2.05, 4.69) is 20.6 Å². The Bertz CT molecular complexity index is 1600. The number of benzene rings is 1. The molecule has 10 nitrogen and oxygen atoms in total. The van der Waals surface area contributed by atoms with Crippen LogP contribution in [-0.4, -0.2) is 51.8 Å². The van der Waals surface area contributed by atoms with E-state index in [-0.39, 0.29) is 23.9 Å². The maximum Gasteiger partial charge on any atom is 0.331 e. The van der Waals surface area contributed by atoms with Crippen molar-refractivity contribution in [2.45, 2.75) is 32.7 Å². The van der Waals surface area contributed by atoms with Crippen LogP contribution in [0.4, 0.5) is 21.9 Å². The third-order valence-corrected chi connectivity index (χ3v) is 8.02. The molecule has 3 aromatic heterocycles. The van der Waals surface area contributed by atoms with E-state index in [0.29, 0.717) is 51.5 Å². The number of anilines is 3. The smallest absolute Gasteiger partial charge is 0.331 e. The summed E-state index contributed by atoms with van der Waals surface area (Å²) in [7, 11) is 0. The Labute approximate surface area is 228 Å². The highest BCUT2D eigenvalue weighted by Crippen LogP contribution is 2.46. The highest BCUT2D eigenvalue weighted by molar-refractivity contribution is 7.21. The fourth-order valence-corrected chi connectivity index (χ4v) is 6.11. The summed E-state index contributed by atoms with van der Waals surface area (Å²) in [5.41, 5.74) is 2.62. The van der Waals surface area contributed by atoms with Crippen LogP contribution < -0.4 is 20.3 Å². The number of aryl methyl sites for hydroxylation is 1. The number of piperidine rings is 1. The highest BCUT2D eigenvalue weighted by atomic mass is 32.1. The van der Waals surface area contributed by atoms with Gasteiger partial charge in [0.05, 0.1) is 22.4 Å². The standard InChI is InChI=1S/C28H26N6O4S/c1-16-14-19(38-22-7-3-4-11-29-22)8-9-20(16)34-21-10-12-30-27-23(21)24(32-28(34)37)25(39-27)26(36)31-18-6-5-13-33(15-18)17(2)35/h3-4,7-12,14,18H,5-6,13,15H2,1-2H3,(H,31,36)(H,32,37)/t18-/m1/s1. The van der Waals surface area contributed by atoms with E-state index < -0.39 is 0 Å². The fraction of sp³-hybridized carbons (Fsp3) is 0.250. The average Bonchev–Trinajstić information content (AvgIpc) is 3.30. The van der Waals surface area contributed by atoms with E-state index in [1.807, 2.05) is 31.2 Å². The van der Waals surface area contributed by atoms with Crippen LogP contribution in [0.25, 0.3) is 10.2 Å². The molecule has 0 saturated carbocycles. The molecule has 4 amide bonds. The minimum absolute atomic E-state index is 0.00118. The van der Waals surface area contributed by atoms with Crippen molar-refractivity contribution in [3.63, 3.8) is 0 Å². The fourth-order valence-electron chi connectivity index (χ4n) is 5.09. The first-order chi connectivity index (χ1) is 18.9. The quantitative estimate of drug-likeness (QED) is 0.357. The normalized spacial score (nSPS) is 16.7. The van der Waals surface area contributed by atoms with Gasteiger partial charge < -0.3 is 20.3 Å². The van der Waals surface area contributed by atoms with Crippen LogP contribution in [0.3, 0.4) is 0 Å². The second-order valence-corrected chi connectivity index (χ2v) is 10.6. The van der Waals surface area contributed by atoms with Gasteiger partial charge in [-0.05, 0) is 55.7 Å². The average molecular weight is 543 g/mol. The number of ether oxygens (including phenoxy) is 1. The molecular weight excluding hydrogens is 516 g/mol. The maximum absolute atomic E-state index is 13.5. The molecule has 2 aliphatic rings. The number of carbonyl (C=O) groups excluding carboxylic acids is 3. The summed E-state index contributed by atoms with van der Waals surface area (Å²) < 4.78 is 5.85. The maximum atomic E-state index is 13.5. The van der Waals surface area contributed by atoms with Crippen LogP contribution in [0.2, 0.25) is 0 Å². The third-order valence-electron chi connectivity index (χ3n) is 6.92. The van der Waals surface area contributed by atoms with Gasteiger partial charge in [0.2, 0.25) is 11.8 Å². The summed E-state index contributed by atoms with van der Waals surface area (Å²) in [4.78, 5) is 51.7. The van der Waals surface area contributed by atoms with Crippen molar-refractivity contribution in [1.82, 2.24) is 20.2 Å². The Kier molecular flexibility index (Phi) is 6.35. The van der Waals surface area contributed by atoms with Gasteiger partial charge in [-0.1, -0.05) is 6.07 Å². The van der Waals surface area contributed by atoms with Gasteiger partial charge in [0.1, 0.15) is 15.5 Å². The molecule has 4 aromatic rings. The molecule has 1 fully saturated rings. The first-order valence-electron chi connectivity index (χ1n) is 12.7. The van der Waals surface area contributed by atoms with Gasteiger partial charge in [-0.15, -0.1) is 11.3 Å². The Hall–Kier alpha value is -4.51. The number of likely N-dealkylation sites (tertiary alicyclic amines) is 1. The van der Waals surface area contributed by atoms with Crippen LogP contribution in [0.1, 0.15) is 35.0 Å². The number of urea groups is 1.